The van der Waals surface area contributed by atoms with Gasteiger partial charge < -0.3 is 11.1 Å². The van der Waals surface area contributed by atoms with E-state index in [-0.39, 0.29) is 0 Å². The van der Waals surface area contributed by atoms with Crippen LogP contribution in [0.3, 0.4) is 0 Å². The first-order valence-corrected chi connectivity index (χ1v) is 5.15. The van der Waals surface area contributed by atoms with Crippen LogP contribution in [0, 0.1) is 0 Å². The van der Waals surface area contributed by atoms with Crippen molar-refractivity contribution < 1.29 is 4.79 Å². The Labute approximate surface area is 95.7 Å². The zero-order chi connectivity index (χ0) is 10.7. The van der Waals surface area contributed by atoms with Crippen LogP contribution in [0.15, 0.2) is 22.7 Å². The molecule has 1 aromatic rings. The maximum Gasteiger partial charge on any atom is 0.239 e. The molecule has 0 heterocycles. The molecule has 0 aromatic heterocycles. The molecule has 3 nitrogen and oxygen atoms in total. The van der Waals surface area contributed by atoms with Gasteiger partial charge in [-0.25, -0.2) is 0 Å². The first kappa shape index (κ1) is 11.5. The molecule has 0 fully saturated rings. The van der Waals surface area contributed by atoms with E-state index in [0.29, 0.717) is 10.6 Å². The molecule has 0 bridgehead atoms. The third-order valence-corrected chi connectivity index (χ3v) is 2.68. The lowest BCUT2D eigenvalue weighted by Crippen LogP contribution is -2.31. The normalized spacial score (nSPS) is 12.5. The van der Waals surface area contributed by atoms with E-state index in [2.05, 4.69) is 21.2 Å². The van der Waals surface area contributed by atoms with Crippen LogP contribution in [0.25, 0.3) is 0 Å². The molecule has 0 spiro atoms. The fourth-order valence-corrected chi connectivity index (χ4v) is 1.79. The van der Waals surface area contributed by atoms with Crippen molar-refractivity contribution in [1.29, 1.82) is 0 Å². The lowest BCUT2D eigenvalue weighted by molar-refractivity contribution is -0.120. The van der Waals surface area contributed by atoms with Crippen molar-refractivity contribution in [3.05, 3.63) is 33.3 Å². The maximum absolute atomic E-state index is 11.1. The number of amides is 1. The summed E-state index contributed by atoms with van der Waals surface area (Å²) in [7, 11) is 1.66. The molecule has 14 heavy (non-hydrogen) atoms. The minimum absolute atomic E-state index is 0.451. The summed E-state index contributed by atoms with van der Waals surface area (Å²) in [6.45, 7) is 0. The molecule has 3 N–H and O–H groups in total. The van der Waals surface area contributed by atoms with Crippen LogP contribution in [0.4, 0.5) is 0 Å². The van der Waals surface area contributed by atoms with Gasteiger partial charge in [0.05, 0.1) is 0 Å². The molecule has 1 unspecified atom stereocenters. The van der Waals surface area contributed by atoms with Gasteiger partial charge in [0.15, 0.2) is 0 Å². The average molecular weight is 278 g/mol. The summed E-state index contributed by atoms with van der Waals surface area (Å²) in [4.78, 5) is 11.1. The van der Waals surface area contributed by atoms with E-state index in [1.165, 1.54) is 0 Å². The van der Waals surface area contributed by atoms with Crippen LogP contribution in [0.2, 0.25) is 5.02 Å². The molecular weight excluding hydrogens is 267 g/mol. The van der Waals surface area contributed by atoms with Crippen molar-refractivity contribution in [1.82, 2.24) is 5.32 Å². The second-order valence-corrected chi connectivity index (χ2v) is 4.11. The number of rotatable bonds is 3. The summed E-state index contributed by atoms with van der Waals surface area (Å²) < 4.78 is 0.860. The Morgan fingerprint density at radius 1 is 1.64 bits per heavy atom. The number of primary amides is 1. The number of nitrogens with one attached hydrogen (secondary N) is 1. The van der Waals surface area contributed by atoms with Gasteiger partial charge in [-0.2, -0.15) is 0 Å². The van der Waals surface area contributed by atoms with Crippen molar-refractivity contribution in [3.63, 3.8) is 0 Å². The molecule has 1 amide bonds. The molecule has 1 aromatic carbocycles. The highest BCUT2D eigenvalue weighted by atomic mass is 79.9. The minimum Gasteiger partial charge on any atom is -0.368 e. The lowest BCUT2D eigenvalue weighted by Gasteiger charge is -2.14. The van der Waals surface area contributed by atoms with Gasteiger partial charge >= 0.3 is 0 Å². The molecular formula is C9H10BrClN2O. The first-order valence-electron chi connectivity index (χ1n) is 3.97. The van der Waals surface area contributed by atoms with Crippen LogP contribution in [-0.2, 0) is 4.79 Å². The predicted molar refractivity (Wildman–Crippen MR) is 60.1 cm³/mol. The van der Waals surface area contributed by atoms with Gasteiger partial charge in [0.1, 0.15) is 6.04 Å². The van der Waals surface area contributed by atoms with Gasteiger partial charge in [-0.3, -0.25) is 4.79 Å². The topological polar surface area (TPSA) is 55.1 Å². The maximum atomic E-state index is 11.1. The zero-order valence-corrected chi connectivity index (χ0v) is 9.89. The minimum atomic E-state index is -0.556. The molecule has 0 saturated carbocycles. The van der Waals surface area contributed by atoms with Crippen molar-refractivity contribution >= 4 is 33.4 Å². The van der Waals surface area contributed by atoms with Crippen LogP contribution in [0.5, 0.6) is 0 Å². The number of hydrogen-bond acceptors (Lipinski definition) is 2. The van der Waals surface area contributed by atoms with Crippen LogP contribution in [-0.4, -0.2) is 13.0 Å². The first-order chi connectivity index (χ1) is 6.56. The quantitative estimate of drug-likeness (QED) is 0.886. The molecule has 1 atom stereocenters. The Morgan fingerprint density at radius 2 is 2.29 bits per heavy atom. The van der Waals surface area contributed by atoms with Gasteiger partial charge in [0.2, 0.25) is 5.91 Å². The molecule has 0 saturated heterocycles. The van der Waals surface area contributed by atoms with Gasteiger partial charge in [-0.05, 0) is 30.8 Å². The Kier molecular flexibility index (Phi) is 3.92. The van der Waals surface area contributed by atoms with E-state index in [0.717, 1.165) is 4.47 Å². The SMILES string of the molecule is CNC(C(N)=O)c1cc(Br)ccc1Cl. The fraction of sp³-hybridized carbons (Fsp3) is 0.222. The van der Waals surface area contributed by atoms with E-state index >= 15 is 0 Å². The van der Waals surface area contributed by atoms with Crippen molar-refractivity contribution in [2.75, 3.05) is 7.05 Å². The second kappa shape index (κ2) is 4.77. The Morgan fingerprint density at radius 3 is 2.79 bits per heavy atom. The predicted octanol–water partition coefficient (Wildman–Crippen LogP) is 1.85. The van der Waals surface area contributed by atoms with E-state index in [4.69, 9.17) is 17.3 Å². The number of hydrogen-bond donors (Lipinski definition) is 2. The summed E-state index contributed by atoms with van der Waals surface area (Å²) in [6, 6.07) is 4.74. The number of benzene rings is 1. The van der Waals surface area contributed by atoms with E-state index in [9.17, 15) is 4.79 Å². The van der Waals surface area contributed by atoms with E-state index in [1.807, 2.05) is 0 Å². The highest BCUT2D eigenvalue weighted by Gasteiger charge is 2.18. The van der Waals surface area contributed by atoms with Gasteiger partial charge in [-0.15, -0.1) is 0 Å². The van der Waals surface area contributed by atoms with E-state index < -0.39 is 11.9 Å². The third-order valence-electron chi connectivity index (χ3n) is 1.84. The zero-order valence-electron chi connectivity index (χ0n) is 7.55. The van der Waals surface area contributed by atoms with Crippen LogP contribution in [0.1, 0.15) is 11.6 Å². The fourth-order valence-electron chi connectivity index (χ4n) is 1.19. The standard InChI is InChI=1S/C9H10BrClN2O/c1-13-8(9(12)14)6-4-5(10)2-3-7(6)11/h2-4,8,13H,1H3,(H2,12,14). The highest BCUT2D eigenvalue weighted by molar-refractivity contribution is 9.10. The van der Waals surface area contributed by atoms with Crippen LogP contribution >= 0.6 is 27.5 Å². The third kappa shape index (κ3) is 2.47. The monoisotopic (exact) mass is 276 g/mol. The molecule has 5 heteroatoms. The molecule has 1 rings (SSSR count). The molecule has 0 aliphatic carbocycles. The number of likely N-dealkylation sites (N-methyl/N-ethyl adjacent to an activating group) is 1. The van der Waals surface area contributed by atoms with Gasteiger partial charge in [0.25, 0.3) is 0 Å². The number of carbonyl (C=O) groups is 1. The Balaban J connectivity index is 3.15. The van der Waals surface area contributed by atoms with Crippen molar-refractivity contribution in [3.8, 4) is 0 Å². The largest absolute Gasteiger partial charge is 0.368 e. The summed E-state index contributed by atoms with van der Waals surface area (Å²) >= 11 is 9.25. The summed E-state index contributed by atoms with van der Waals surface area (Å²) in [5.41, 5.74) is 5.90. The summed E-state index contributed by atoms with van der Waals surface area (Å²) in [5.74, 6) is -0.451. The van der Waals surface area contributed by atoms with Crippen LogP contribution < -0.4 is 11.1 Å². The van der Waals surface area contributed by atoms with E-state index in [1.54, 1.807) is 25.2 Å². The molecule has 76 valence electrons. The molecule has 0 aliphatic rings. The number of carbonyl (C=O) groups excluding carboxylic acids is 1. The summed E-state index contributed by atoms with van der Waals surface area (Å²) in [6.07, 6.45) is 0. The second-order valence-electron chi connectivity index (χ2n) is 2.79. The molecule has 0 aliphatic heterocycles. The average Bonchev–Trinajstić information content (AvgIpc) is 2.11. The molecule has 0 radical (unpaired) electrons. The van der Waals surface area contributed by atoms with Crippen molar-refractivity contribution in [2.45, 2.75) is 6.04 Å². The van der Waals surface area contributed by atoms with Gasteiger partial charge in [0, 0.05) is 9.50 Å². The lowest BCUT2D eigenvalue weighted by atomic mass is 10.1. The Hall–Kier alpha value is -0.580. The smallest absolute Gasteiger partial charge is 0.239 e. The van der Waals surface area contributed by atoms with Crippen molar-refractivity contribution in [2.24, 2.45) is 5.73 Å². The number of halogens is 2. The summed E-state index contributed by atoms with van der Waals surface area (Å²) in [5, 5.41) is 3.33. The highest BCUT2D eigenvalue weighted by Crippen LogP contribution is 2.26. The Bertz CT molecular complexity index is 357. The van der Waals surface area contributed by atoms with Gasteiger partial charge in [-0.1, -0.05) is 27.5 Å². The number of nitrogens with two attached hydrogens (primary N) is 1.